The summed E-state index contributed by atoms with van der Waals surface area (Å²) in [7, 11) is 2.01. The molecule has 2 heterocycles. The van der Waals surface area contributed by atoms with Crippen molar-refractivity contribution < 1.29 is 4.79 Å². The van der Waals surface area contributed by atoms with Crippen molar-refractivity contribution in [3.05, 3.63) is 85.5 Å². The highest BCUT2D eigenvalue weighted by molar-refractivity contribution is 7.07. The van der Waals surface area contributed by atoms with Crippen LogP contribution in [0.15, 0.2) is 65.2 Å². The molecule has 0 unspecified atom stereocenters. The number of carbonyl (C=O) groups excluding carboxylic acids is 1. The number of pyridine rings is 1. The standard InChI is InChI=1S/C27H25N7O2S/c1-3-34-25(18-21(19-29)26(35)32-15-12-28)37-23(27(34)36)10-14-30-22-8-6-7-20(17-22)11-16-33(2)24-9-4-5-13-31-24/h4-9,13-14,17,30H,3,11,15-16H2,1-2H3,(H,32,35). The van der Waals surface area contributed by atoms with E-state index in [-0.39, 0.29) is 17.7 Å². The quantitative estimate of drug-likeness (QED) is 0.253. The molecule has 9 nitrogen and oxygen atoms in total. The molecule has 0 bridgehead atoms. The van der Waals surface area contributed by atoms with Gasteiger partial charge in [0.15, 0.2) is 5.57 Å². The molecule has 0 fully saturated rings. The lowest BCUT2D eigenvalue weighted by Crippen LogP contribution is -2.30. The minimum absolute atomic E-state index is 0.230. The topological polar surface area (TPSA) is 127 Å². The molecule has 2 aromatic heterocycles. The van der Waals surface area contributed by atoms with Crippen LogP contribution in [0.4, 0.5) is 11.5 Å². The molecule has 186 valence electrons. The Morgan fingerprint density at radius 2 is 2.08 bits per heavy atom. The Balaban J connectivity index is 1.82. The lowest BCUT2D eigenvalue weighted by Gasteiger charge is -2.18. The fraction of sp³-hybridized carbons (Fsp3) is 0.222. The summed E-state index contributed by atoms with van der Waals surface area (Å²) in [5.74, 6) is 0.195. The molecule has 0 spiro atoms. The first-order valence-corrected chi connectivity index (χ1v) is 12.3. The third-order valence-corrected chi connectivity index (χ3v) is 6.26. The average molecular weight is 512 g/mol. The predicted octanol–water partition coefficient (Wildman–Crippen LogP) is 1.48. The molecule has 3 rings (SSSR count). The van der Waals surface area contributed by atoms with E-state index < -0.39 is 5.91 Å². The monoisotopic (exact) mass is 511 g/mol. The first-order valence-electron chi connectivity index (χ1n) is 11.5. The fourth-order valence-corrected chi connectivity index (χ4v) is 4.31. The Hall–Kier alpha value is -4.85. The van der Waals surface area contributed by atoms with E-state index in [0.29, 0.717) is 15.7 Å². The zero-order valence-corrected chi connectivity index (χ0v) is 21.3. The number of amides is 1. The van der Waals surface area contributed by atoms with Gasteiger partial charge in [0.1, 0.15) is 27.6 Å². The van der Waals surface area contributed by atoms with Crippen LogP contribution in [-0.2, 0) is 17.8 Å². The Bertz CT molecular complexity index is 1600. The second-order valence-corrected chi connectivity index (χ2v) is 8.73. The molecule has 0 radical (unpaired) electrons. The van der Waals surface area contributed by atoms with Crippen molar-refractivity contribution in [2.24, 2.45) is 0 Å². The van der Waals surface area contributed by atoms with Gasteiger partial charge in [0.25, 0.3) is 11.5 Å². The van der Waals surface area contributed by atoms with E-state index in [9.17, 15) is 14.9 Å². The molecule has 0 aliphatic carbocycles. The molecule has 0 aliphatic rings. The summed E-state index contributed by atoms with van der Waals surface area (Å²) in [6.45, 7) is 2.69. The van der Waals surface area contributed by atoms with Crippen LogP contribution in [0, 0.1) is 22.7 Å². The lowest BCUT2D eigenvalue weighted by atomic mass is 10.1. The van der Waals surface area contributed by atoms with Crippen LogP contribution in [-0.4, -0.2) is 35.6 Å². The van der Waals surface area contributed by atoms with Gasteiger partial charge in [-0.2, -0.15) is 10.5 Å². The van der Waals surface area contributed by atoms with E-state index in [1.165, 1.54) is 4.57 Å². The molecule has 0 saturated heterocycles. The van der Waals surface area contributed by atoms with Gasteiger partial charge in [0, 0.05) is 38.2 Å². The molecule has 0 atom stereocenters. The molecule has 0 saturated carbocycles. The minimum atomic E-state index is -0.721. The van der Waals surface area contributed by atoms with Crippen LogP contribution in [0.25, 0.3) is 11.5 Å². The molecule has 1 amide bonds. The molecule has 1 aromatic carbocycles. The van der Waals surface area contributed by atoms with Gasteiger partial charge in [0.05, 0.1) is 6.07 Å². The highest BCUT2D eigenvalue weighted by atomic mass is 32.1. The van der Waals surface area contributed by atoms with Crippen LogP contribution < -0.4 is 30.3 Å². The third kappa shape index (κ3) is 7.32. The maximum Gasteiger partial charge on any atom is 0.277 e. The van der Waals surface area contributed by atoms with Crippen molar-refractivity contribution in [2.75, 3.05) is 30.4 Å². The van der Waals surface area contributed by atoms with Gasteiger partial charge >= 0.3 is 0 Å². The third-order valence-electron chi connectivity index (χ3n) is 5.24. The maximum absolute atomic E-state index is 12.8. The molecule has 37 heavy (non-hydrogen) atoms. The number of nitrogens with zero attached hydrogens (tertiary/aromatic N) is 5. The van der Waals surface area contributed by atoms with Crippen molar-refractivity contribution in [1.82, 2.24) is 14.9 Å². The molecule has 2 N–H and O–H groups in total. The number of nitrogens with one attached hydrogen (secondary N) is 2. The lowest BCUT2D eigenvalue weighted by molar-refractivity contribution is -0.116. The summed E-state index contributed by atoms with van der Waals surface area (Å²) in [5.41, 5.74) is 7.05. The Labute approximate surface area is 218 Å². The van der Waals surface area contributed by atoms with Crippen molar-refractivity contribution in [3.63, 3.8) is 0 Å². The summed E-state index contributed by atoms with van der Waals surface area (Å²) in [4.78, 5) is 31.3. The Morgan fingerprint density at radius 3 is 2.78 bits per heavy atom. The number of likely N-dealkylation sites (N-methyl/N-ethyl adjacent to an activating group) is 1. The van der Waals surface area contributed by atoms with Crippen LogP contribution in [0.1, 0.15) is 12.5 Å². The van der Waals surface area contributed by atoms with Gasteiger partial charge in [-0.15, -0.1) is 0 Å². The van der Waals surface area contributed by atoms with E-state index >= 15 is 0 Å². The Morgan fingerprint density at radius 1 is 1.24 bits per heavy atom. The van der Waals surface area contributed by atoms with Crippen LogP contribution in [0.3, 0.4) is 0 Å². The zero-order valence-electron chi connectivity index (χ0n) is 20.5. The summed E-state index contributed by atoms with van der Waals surface area (Å²) in [5, 5.41) is 23.4. The summed E-state index contributed by atoms with van der Waals surface area (Å²) >= 11 is 1.07. The second-order valence-electron chi connectivity index (χ2n) is 7.73. The van der Waals surface area contributed by atoms with Crippen molar-refractivity contribution >= 4 is 40.2 Å². The highest BCUT2D eigenvalue weighted by Crippen LogP contribution is 2.13. The fourth-order valence-electron chi connectivity index (χ4n) is 3.32. The van der Waals surface area contributed by atoms with E-state index in [2.05, 4.69) is 38.0 Å². The maximum atomic E-state index is 12.8. The normalized spacial score (nSPS) is 9.73. The summed E-state index contributed by atoms with van der Waals surface area (Å²) in [6, 6.07) is 17.3. The van der Waals surface area contributed by atoms with Crippen LogP contribution in [0.2, 0.25) is 0 Å². The molecular weight excluding hydrogens is 486 g/mol. The summed E-state index contributed by atoms with van der Waals surface area (Å²) in [6.07, 6.45) is 4.16. The number of hydrogen-bond acceptors (Lipinski definition) is 8. The highest BCUT2D eigenvalue weighted by Gasteiger charge is 2.09. The van der Waals surface area contributed by atoms with Crippen LogP contribution >= 0.6 is 11.3 Å². The van der Waals surface area contributed by atoms with E-state index in [0.717, 1.165) is 41.4 Å². The molecule has 10 heteroatoms. The van der Waals surface area contributed by atoms with Crippen molar-refractivity contribution in [1.29, 1.82) is 10.5 Å². The van der Waals surface area contributed by atoms with Gasteiger partial charge < -0.3 is 15.5 Å². The number of thiazole rings is 1. The van der Waals surface area contributed by atoms with Gasteiger partial charge in [-0.3, -0.25) is 14.2 Å². The first-order chi connectivity index (χ1) is 18.0. The van der Waals surface area contributed by atoms with E-state index in [4.69, 9.17) is 5.26 Å². The number of hydrogen-bond donors (Lipinski definition) is 2. The molecule has 0 aliphatic heterocycles. The SMILES string of the molecule is CCn1c(=C=C(C#N)C(=O)NCC#N)sc(=C=CNc2cccc(CCN(C)c3ccccn3)c2)c1=O. The predicted molar refractivity (Wildman–Crippen MR) is 144 cm³/mol. The number of anilines is 2. The number of carbonyl (C=O) groups is 1. The van der Waals surface area contributed by atoms with Crippen molar-refractivity contribution in [2.45, 2.75) is 19.9 Å². The minimum Gasteiger partial charge on any atom is -0.359 e. The van der Waals surface area contributed by atoms with Gasteiger partial charge in [0.2, 0.25) is 0 Å². The average Bonchev–Trinajstić information content (AvgIpc) is 3.23. The van der Waals surface area contributed by atoms with E-state index in [1.807, 2.05) is 43.4 Å². The first kappa shape index (κ1) is 26.7. The van der Waals surface area contributed by atoms with Crippen molar-refractivity contribution in [3.8, 4) is 12.1 Å². The molecule has 3 aromatic rings. The Kier molecular flexibility index (Phi) is 9.61. The zero-order chi connectivity index (χ0) is 26.6. The van der Waals surface area contributed by atoms with E-state index in [1.54, 1.807) is 31.5 Å². The number of benzene rings is 1. The molecular formula is C27H25N7O2S. The summed E-state index contributed by atoms with van der Waals surface area (Å²) < 4.78 is 2.04. The van der Waals surface area contributed by atoms with Gasteiger partial charge in [-0.1, -0.05) is 41.0 Å². The number of aromatic nitrogens is 2. The van der Waals surface area contributed by atoms with Gasteiger partial charge in [-0.25, -0.2) is 4.98 Å². The van der Waals surface area contributed by atoms with Crippen LogP contribution in [0.5, 0.6) is 0 Å². The largest absolute Gasteiger partial charge is 0.359 e. The second kappa shape index (κ2) is 13.3. The number of nitriles is 2. The smallest absolute Gasteiger partial charge is 0.277 e. The van der Waals surface area contributed by atoms with Gasteiger partial charge in [-0.05, 0) is 43.2 Å². The number of rotatable bonds is 9.